The summed E-state index contributed by atoms with van der Waals surface area (Å²) in [4.78, 5) is 0. The van der Waals surface area contributed by atoms with E-state index in [4.69, 9.17) is 5.73 Å². The average Bonchev–Trinajstić information content (AvgIpc) is 2.28. The number of dihydropyridines is 3. The van der Waals surface area contributed by atoms with Crippen molar-refractivity contribution in [1.82, 2.24) is 16.0 Å². The van der Waals surface area contributed by atoms with Crippen molar-refractivity contribution in [3.05, 3.63) is 46.0 Å². The van der Waals surface area contributed by atoms with Gasteiger partial charge in [0, 0.05) is 6.20 Å². The Morgan fingerprint density at radius 2 is 1.76 bits per heavy atom. The maximum atomic E-state index is 5.92. The van der Waals surface area contributed by atoms with Crippen LogP contribution in [0, 0.1) is 0 Å². The molecule has 0 amide bonds. The standard InChI is InChI=1S/C13H18N4/c1-7-3-9-5-10-4-8(2)11(14)16-13(10)17-12(9)15-6-7/h6,15-17H,3-5,14H2,1-2H3. The molecule has 3 heterocycles. The molecule has 0 fully saturated rings. The zero-order chi connectivity index (χ0) is 12.0. The van der Waals surface area contributed by atoms with Gasteiger partial charge in [0.2, 0.25) is 0 Å². The van der Waals surface area contributed by atoms with Crippen LogP contribution in [0.1, 0.15) is 33.1 Å². The molecule has 3 aliphatic rings. The maximum Gasteiger partial charge on any atom is 0.110 e. The largest absolute Gasteiger partial charge is 0.385 e. The Labute approximate surface area is 101 Å². The monoisotopic (exact) mass is 230 g/mol. The number of hydrogen-bond donors (Lipinski definition) is 4. The zero-order valence-corrected chi connectivity index (χ0v) is 10.3. The van der Waals surface area contributed by atoms with Crippen LogP contribution in [0.2, 0.25) is 0 Å². The predicted octanol–water partition coefficient (Wildman–Crippen LogP) is 1.48. The number of nitrogens with one attached hydrogen (secondary N) is 3. The van der Waals surface area contributed by atoms with Gasteiger partial charge in [0.05, 0.1) is 0 Å². The van der Waals surface area contributed by atoms with Crippen molar-refractivity contribution in [3.8, 4) is 0 Å². The lowest BCUT2D eigenvalue weighted by atomic mass is 9.90. The normalized spacial score (nSPS) is 23.3. The van der Waals surface area contributed by atoms with Crippen molar-refractivity contribution in [3.63, 3.8) is 0 Å². The third-order valence-electron chi connectivity index (χ3n) is 3.54. The van der Waals surface area contributed by atoms with Crippen molar-refractivity contribution in [2.45, 2.75) is 33.1 Å². The Morgan fingerprint density at radius 3 is 2.59 bits per heavy atom. The van der Waals surface area contributed by atoms with Gasteiger partial charge in [-0.2, -0.15) is 0 Å². The summed E-state index contributed by atoms with van der Waals surface area (Å²) in [5.41, 5.74) is 11.4. The lowest BCUT2D eigenvalue weighted by Crippen LogP contribution is -2.40. The second-order valence-corrected chi connectivity index (χ2v) is 5.07. The van der Waals surface area contributed by atoms with Crippen LogP contribution in [-0.4, -0.2) is 0 Å². The summed E-state index contributed by atoms with van der Waals surface area (Å²) in [6, 6.07) is 0. The summed E-state index contributed by atoms with van der Waals surface area (Å²) in [7, 11) is 0. The molecule has 4 heteroatoms. The van der Waals surface area contributed by atoms with Crippen LogP contribution in [0.3, 0.4) is 0 Å². The highest BCUT2D eigenvalue weighted by molar-refractivity contribution is 5.41. The van der Waals surface area contributed by atoms with Gasteiger partial charge in [0.15, 0.2) is 0 Å². The van der Waals surface area contributed by atoms with Crippen molar-refractivity contribution < 1.29 is 0 Å². The molecule has 0 aromatic heterocycles. The first kappa shape index (κ1) is 10.3. The average molecular weight is 230 g/mol. The van der Waals surface area contributed by atoms with Crippen molar-refractivity contribution in [2.24, 2.45) is 5.73 Å². The fourth-order valence-electron chi connectivity index (χ4n) is 2.54. The fraction of sp³-hybridized carbons (Fsp3) is 0.385. The highest BCUT2D eigenvalue weighted by atomic mass is 15.2. The van der Waals surface area contributed by atoms with Gasteiger partial charge in [-0.25, -0.2) is 0 Å². The van der Waals surface area contributed by atoms with E-state index in [0.717, 1.165) is 36.7 Å². The third kappa shape index (κ3) is 1.69. The lowest BCUT2D eigenvalue weighted by molar-refractivity contribution is 0.653. The summed E-state index contributed by atoms with van der Waals surface area (Å²) in [5.74, 6) is 2.96. The minimum atomic E-state index is 0.780. The summed E-state index contributed by atoms with van der Waals surface area (Å²) in [5, 5.41) is 9.96. The smallest absolute Gasteiger partial charge is 0.110 e. The van der Waals surface area contributed by atoms with Gasteiger partial charge < -0.3 is 21.7 Å². The van der Waals surface area contributed by atoms with Gasteiger partial charge in [0.1, 0.15) is 17.5 Å². The second-order valence-electron chi connectivity index (χ2n) is 5.07. The van der Waals surface area contributed by atoms with Gasteiger partial charge in [-0.15, -0.1) is 0 Å². The Kier molecular flexibility index (Phi) is 2.18. The molecule has 0 unspecified atom stereocenters. The van der Waals surface area contributed by atoms with Crippen LogP contribution < -0.4 is 21.7 Å². The van der Waals surface area contributed by atoms with Crippen molar-refractivity contribution in [2.75, 3.05) is 0 Å². The van der Waals surface area contributed by atoms with Crippen molar-refractivity contribution in [1.29, 1.82) is 0 Å². The molecule has 0 atom stereocenters. The van der Waals surface area contributed by atoms with E-state index in [-0.39, 0.29) is 0 Å². The predicted molar refractivity (Wildman–Crippen MR) is 68.0 cm³/mol. The molecule has 90 valence electrons. The fourth-order valence-corrected chi connectivity index (χ4v) is 2.54. The first-order valence-electron chi connectivity index (χ1n) is 5.99. The number of rotatable bonds is 0. The molecule has 0 aliphatic carbocycles. The first-order valence-corrected chi connectivity index (χ1v) is 5.99. The third-order valence-corrected chi connectivity index (χ3v) is 3.54. The molecule has 3 rings (SSSR count). The number of allylic oxidation sites excluding steroid dienone is 4. The summed E-state index contributed by atoms with van der Waals surface area (Å²) in [6.45, 7) is 4.24. The van der Waals surface area contributed by atoms with Gasteiger partial charge in [-0.1, -0.05) is 5.57 Å². The quantitative estimate of drug-likeness (QED) is 0.509. The van der Waals surface area contributed by atoms with Crippen LogP contribution in [-0.2, 0) is 0 Å². The molecule has 3 aliphatic heterocycles. The van der Waals surface area contributed by atoms with Crippen LogP contribution in [0.15, 0.2) is 46.0 Å². The van der Waals surface area contributed by atoms with E-state index in [1.54, 1.807) is 0 Å². The van der Waals surface area contributed by atoms with E-state index < -0.39 is 0 Å². The lowest BCUT2D eigenvalue weighted by Gasteiger charge is -2.33. The van der Waals surface area contributed by atoms with Gasteiger partial charge in [0.25, 0.3) is 0 Å². The minimum absolute atomic E-state index is 0.780. The van der Waals surface area contributed by atoms with E-state index in [1.807, 2.05) is 0 Å². The van der Waals surface area contributed by atoms with Gasteiger partial charge in [-0.05, 0) is 49.8 Å². The topological polar surface area (TPSA) is 62.1 Å². The first-order chi connectivity index (χ1) is 8.13. The summed E-state index contributed by atoms with van der Waals surface area (Å²) >= 11 is 0. The summed E-state index contributed by atoms with van der Waals surface area (Å²) in [6.07, 6.45) is 5.13. The number of hydrogen-bond acceptors (Lipinski definition) is 4. The van der Waals surface area contributed by atoms with E-state index in [2.05, 4.69) is 36.0 Å². The maximum absolute atomic E-state index is 5.92. The van der Waals surface area contributed by atoms with E-state index in [1.165, 1.54) is 22.3 Å². The van der Waals surface area contributed by atoms with Crippen LogP contribution in [0.4, 0.5) is 0 Å². The SMILES string of the molecule is CC1=CNC2=C(C1)CC1=C(NC(N)=C(C)C1)N2. The molecule has 0 saturated heterocycles. The molecular weight excluding hydrogens is 212 g/mol. The van der Waals surface area contributed by atoms with E-state index in [0.29, 0.717) is 0 Å². The molecule has 0 spiro atoms. The molecule has 0 aromatic rings. The molecule has 0 aromatic carbocycles. The van der Waals surface area contributed by atoms with Crippen LogP contribution >= 0.6 is 0 Å². The zero-order valence-electron chi connectivity index (χ0n) is 10.3. The molecule has 17 heavy (non-hydrogen) atoms. The number of nitrogens with two attached hydrogens (primary N) is 1. The Hall–Kier alpha value is -1.84. The second kappa shape index (κ2) is 3.58. The Bertz CT molecular complexity index is 506. The Morgan fingerprint density at radius 1 is 1.00 bits per heavy atom. The molecule has 0 bridgehead atoms. The van der Waals surface area contributed by atoms with Crippen LogP contribution in [0.5, 0.6) is 0 Å². The van der Waals surface area contributed by atoms with Crippen LogP contribution in [0.25, 0.3) is 0 Å². The van der Waals surface area contributed by atoms with E-state index in [9.17, 15) is 0 Å². The molecule has 5 N–H and O–H groups in total. The van der Waals surface area contributed by atoms with Gasteiger partial charge in [-0.3, -0.25) is 0 Å². The minimum Gasteiger partial charge on any atom is -0.385 e. The highest BCUT2D eigenvalue weighted by Crippen LogP contribution is 2.33. The highest BCUT2D eigenvalue weighted by Gasteiger charge is 2.25. The molecule has 0 saturated carbocycles. The summed E-state index contributed by atoms with van der Waals surface area (Å²) < 4.78 is 0. The molecule has 0 radical (unpaired) electrons. The van der Waals surface area contributed by atoms with Gasteiger partial charge >= 0.3 is 0 Å². The molecular formula is C13H18N4. The van der Waals surface area contributed by atoms with Crippen molar-refractivity contribution >= 4 is 0 Å². The van der Waals surface area contributed by atoms with E-state index >= 15 is 0 Å². The molecule has 4 nitrogen and oxygen atoms in total. The Balaban J connectivity index is 1.83.